The fourth-order valence-corrected chi connectivity index (χ4v) is 3.38. The van der Waals surface area contributed by atoms with E-state index in [0.717, 1.165) is 22.3 Å². The van der Waals surface area contributed by atoms with Crippen molar-refractivity contribution in [1.29, 1.82) is 0 Å². The Hall–Kier alpha value is -2.95. The average molecular weight is 380 g/mol. The highest BCUT2D eigenvalue weighted by Crippen LogP contribution is 2.18. The number of para-hydroxylation sites is 1. The maximum atomic E-state index is 12.0. The van der Waals surface area contributed by atoms with Crippen LogP contribution in [0.15, 0.2) is 59.8 Å². The molecule has 0 saturated carbocycles. The van der Waals surface area contributed by atoms with E-state index in [2.05, 4.69) is 27.1 Å². The van der Waals surface area contributed by atoms with E-state index in [1.54, 1.807) is 30.6 Å². The Bertz CT molecular complexity index is 1090. The molecule has 0 bridgehead atoms. The summed E-state index contributed by atoms with van der Waals surface area (Å²) < 4.78 is 25.3. The van der Waals surface area contributed by atoms with Gasteiger partial charge < -0.3 is 5.32 Å². The van der Waals surface area contributed by atoms with E-state index in [-0.39, 0.29) is 4.90 Å². The van der Waals surface area contributed by atoms with E-state index in [9.17, 15) is 8.42 Å². The second-order valence-electron chi connectivity index (χ2n) is 6.03. The van der Waals surface area contributed by atoms with Crippen molar-refractivity contribution in [2.24, 2.45) is 0 Å². The topological polar surface area (TPSA) is 75.2 Å². The number of sulfonamides is 1. The second-order valence-corrected chi connectivity index (χ2v) is 8.18. The van der Waals surface area contributed by atoms with Gasteiger partial charge in [-0.15, -0.1) is 0 Å². The molecular formula is C20H20N4O2S. The van der Waals surface area contributed by atoms with Gasteiger partial charge in [0.05, 0.1) is 10.4 Å². The lowest BCUT2D eigenvalue weighted by Gasteiger charge is -2.10. The Morgan fingerprint density at radius 3 is 2.52 bits per heavy atom. The molecule has 3 aromatic rings. The third-order valence-electron chi connectivity index (χ3n) is 3.95. The first-order chi connectivity index (χ1) is 13.0. The van der Waals surface area contributed by atoms with Gasteiger partial charge in [-0.3, -0.25) is 0 Å². The Balaban J connectivity index is 1.59. The van der Waals surface area contributed by atoms with Crippen LogP contribution in [0.3, 0.4) is 0 Å². The van der Waals surface area contributed by atoms with Gasteiger partial charge in [-0.1, -0.05) is 24.0 Å². The molecule has 0 aliphatic rings. The predicted molar refractivity (Wildman–Crippen MR) is 107 cm³/mol. The summed E-state index contributed by atoms with van der Waals surface area (Å²) >= 11 is 0. The standard InChI is InChI=1S/C20H20N4O2S/c1-24(2)27(25,26)17-12-10-16(11-13-17)7-5-6-14-21-20-18-8-3-4-9-19(18)22-15-23-20/h3-4,8-13,15H,6,14H2,1-2H3,(H,21,22,23). The van der Waals surface area contributed by atoms with Crippen LogP contribution in [0, 0.1) is 11.8 Å². The molecule has 0 spiro atoms. The molecule has 27 heavy (non-hydrogen) atoms. The van der Waals surface area contributed by atoms with E-state index in [4.69, 9.17) is 0 Å². The molecule has 0 saturated heterocycles. The lowest BCUT2D eigenvalue weighted by Crippen LogP contribution is -2.22. The Morgan fingerprint density at radius 1 is 1.04 bits per heavy atom. The van der Waals surface area contributed by atoms with Crippen LogP contribution in [0.25, 0.3) is 10.9 Å². The van der Waals surface area contributed by atoms with Crippen molar-refractivity contribution in [2.75, 3.05) is 26.0 Å². The maximum absolute atomic E-state index is 12.0. The molecule has 1 heterocycles. The van der Waals surface area contributed by atoms with Crippen LogP contribution >= 0.6 is 0 Å². The fourth-order valence-electron chi connectivity index (χ4n) is 2.47. The van der Waals surface area contributed by atoms with Gasteiger partial charge in [0.1, 0.15) is 12.1 Å². The number of hydrogen-bond donors (Lipinski definition) is 1. The molecule has 0 fully saturated rings. The monoisotopic (exact) mass is 380 g/mol. The highest BCUT2D eigenvalue weighted by atomic mass is 32.2. The van der Waals surface area contributed by atoms with Crippen LogP contribution in [-0.4, -0.2) is 43.3 Å². The van der Waals surface area contributed by atoms with Gasteiger partial charge in [0, 0.05) is 38.0 Å². The van der Waals surface area contributed by atoms with Crippen molar-refractivity contribution in [3.8, 4) is 11.8 Å². The zero-order valence-electron chi connectivity index (χ0n) is 15.2. The number of nitrogens with zero attached hydrogens (tertiary/aromatic N) is 3. The van der Waals surface area contributed by atoms with E-state index in [1.807, 2.05) is 24.3 Å². The van der Waals surface area contributed by atoms with Crippen molar-refractivity contribution < 1.29 is 8.42 Å². The van der Waals surface area contributed by atoms with Crippen LogP contribution in [-0.2, 0) is 10.0 Å². The Labute approximate surface area is 159 Å². The van der Waals surface area contributed by atoms with Gasteiger partial charge in [-0.2, -0.15) is 0 Å². The Kier molecular flexibility index (Phi) is 5.69. The molecule has 138 valence electrons. The third kappa shape index (κ3) is 4.42. The van der Waals surface area contributed by atoms with Crippen LogP contribution < -0.4 is 5.32 Å². The molecule has 6 nitrogen and oxygen atoms in total. The molecule has 0 unspecified atom stereocenters. The molecule has 7 heteroatoms. The smallest absolute Gasteiger partial charge is 0.242 e. The molecule has 1 aromatic heterocycles. The van der Waals surface area contributed by atoms with Crippen molar-refractivity contribution in [3.05, 3.63) is 60.4 Å². The first-order valence-electron chi connectivity index (χ1n) is 8.43. The van der Waals surface area contributed by atoms with Gasteiger partial charge in [0.2, 0.25) is 10.0 Å². The number of rotatable bonds is 5. The molecular weight excluding hydrogens is 360 g/mol. The lowest BCUT2D eigenvalue weighted by atomic mass is 10.2. The molecule has 0 radical (unpaired) electrons. The minimum Gasteiger partial charge on any atom is -0.368 e. The average Bonchev–Trinajstić information content (AvgIpc) is 2.68. The number of aromatic nitrogens is 2. The van der Waals surface area contributed by atoms with Crippen LogP contribution in [0.1, 0.15) is 12.0 Å². The van der Waals surface area contributed by atoms with Gasteiger partial charge >= 0.3 is 0 Å². The highest BCUT2D eigenvalue weighted by Gasteiger charge is 2.16. The molecule has 0 amide bonds. The van der Waals surface area contributed by atoms with E-state index in [0.29, 0.717) is 13.0 Å². The summed E-state index contributed by atoms with van der Waals surface area (Å²) in [6, 6.07) is 14.4. The van der Waals surface area contributed by atoms with Crippen LogP contribution in [0.4, 0.5) is 5.82 Å². The molecule has 3 rings (SSSR count). The number of hydrogen-bond acceptors (Lipinski definition) is 5. The molecule has 0 aliphatic heterocycles. The summed E-state index contributed by atoms with van der Waals surface area (Å²) in [6.45, 7) is 0.654. The zero-order chi connectivity index (χ0) is 19.3. The molecule has 0 atom stereocenters. The Morgan fingerprint density at radius 2 is 1.78 bits per heavy atom. The summed E-state index contributed by atoms with van der Waals surface area (Å²) in [5.74, 6) is 6.92. The van der Waals surface area contributed by atoms with Gasteiger partial charge in [0.25, 0.3) is 0 Å². The second kappa shape index (κ2) is 8.16. The molecule has 2 aromatic carbocycles. The summed E-state index contributed by atoms with van der Waals surface area (Å²) in [6.07, 6.45) is 2.18. The number of benzene rings is 2. The van der Waals surface area contributed by atoms with Crippen molar-refractivity contribution in [1.82, 2.24) is 14.3 Å². The van der Waals surface area contributed by atoms with Crippen LogP contribution in [0.2, 0.25) is 0 Å². The minimum atomic E-state index is -3.41. The number of anilines is 1. The summed E-state index contributed by atoms with van der Waals surface area (Å²) in [5, 5.41) is 4.25. The van der Waals surface area contributed by atoms with E-state index in [1.165, 1.54) is 18.4 Å². The van der Waals surface area contributed by atoms with Crippen molar-refractivity contribution in [2.45, 2.75) is 11.3 Å². The summed E-state index contributed by atoms with van der Waals surface area (Å²) in [4.78, 5) is 8.77. The quantitative estimate of drug-likeness (QED) is 0.544. The first kappa shape index (κ1) is 18.8. The number of nitrogens with one attached hydrogen (secondary N) is 1. The van der Waals surface area contributed by atoms with Gasteiger partial charge in [-0.05, 0) is 36.4 Å². The van der Waals surface area contributed by atoms with Crippen LogP contribution in [0.5, 0.6) is 0 Å². The van der Waals surface area contributed by atoms with Crippen molar-refractivity contribution in [3.63, 3.8) is 0 Å². The van der Waals surface area contributed by atoms with E-state index < -0.39 is 10.0 Å². The molecule has 0 aliphatic carbocycles. The largest absolute Gasteiger partial charge is 0.368 e. The fraction of sp³-hybridized carbons (Fsp3) is 0.200. The van der Waals surface area contributed by atoms with Gasteiger partial charge in [0.15, 0.2) is 0 Å². The summed E-state index contributed by atoms with van der Waals surface area (Å²) in [7, 11) is -0.387. The zero-order valence-corrected chi connectivity index (χ0v) is 16.0. The highest BCUT2D eigenvalue weighted by molar-refractivity contribution is 7.89. The predicted octanol–water partition coefficient (Wildman–Crippen LogP) is 2.73. The first-order valence-corrected chi connectivity index (χ1v) is 9.87. The molecule has 1 N–H and O–H groups in total. The summed E-state index contributed by atoms with van der Waals surface area (Å²) in [5.41, 5.74) is 1.68. The maximum Gasteiger partial charge on any atom is 0.242 e. The van der Waals surface area contributed by atoms with Crippen molar-refractivity contribution >= 4 is 26.7 Å². The normalized spacial score (nSPS) is 11.2. The SMILES string of the molecule is CN(C)S(=O)(=O)c1ccc(C#CCCNc2ncnc3ccccc23)cc1. The minimum absolute atomic E-state index is 0.260. The third-order valence-corrected chi connectivity index (χ3v) is 5.78. The number of fused-ring (bicyclic) bond motifs is 1. The van der Waals surface area contributed by atoms with E-state index >= 15 is 0 Å². The lowest BCUT2D eigenvalue weighted by molar-refractivity contribution is 0.521. The van der Waals surface area contributed by atoms with Gasteiger partial charge in [-0.25, -0.2) is 22.7 Å².